The van der Waals surface area contributed by atoms with Crippen molar-refractivity contribution in [2.75, 3.05) is 52.5 Å². The molecule has 3 amide bonds. The Morgan fingerprint density at radius 3 is 2.20 bits per heavy atom. The number of aromatic nitrogens is 1. The minimum atomic E-state index is -0.528. The van der Waals surface area contributed by atoms with E-state index < -0.39 is 20.5 Å². The van der Waals surface area contributed by atoms with Crippen LogP contribution in [-0.4, -0.2) is 95.2 Å². The Balaban J connectivity index is 1.04. The number of nitrogens with zero attached hydrogens (tertiary/aromatic N) is 4. The van der Waals surface area contributed by atoms with Crippen molar-refractivity contribution in [1.29, 1.82) is 0 Å². The molecular formula is C33H39BBrClIN4O4. The van der Waals surface area contributed by atoms with Crippen molar-refractivity contribution in [2.45, 2.75) is 57.3 Å². The number of piperidine rings is 2. The molecule has 6 rings (SSSR count). The number of pyridine rings is 1. The van der Waals surface area contributed by atoms with E-state index in [9.17, 15) is 14.4 Å². The fourth-order valence-corrected chi connectivity index (χ4v) is 9.48. The zero-order valence-corrected chi connectivity index (χ0v) is 30.0. The van der Waals surface area contributed by atoms with Gasteiger partial charge in [0, 0.05) is 26.2 Å². The van der Waals surface area contributed by atoms with Crippen LogP contribution in [0.4, 0.5) is 0 Å². The van der Waals surface area contributed by atoms with E-state index in [1.165, 1.54) is 16.7 Å². The van der Waals surface area contributed by atoms with Crippen molar-refractivity contribution in [3.8, 4) is 0 Å². The molecule has 4 aliphatic rings. The first-order valence-electron chi connectivity index (χ1n) is 16.0. The number of amides is 3. The van der Waals surface area contributed by atoms with E-state index in [0.29, 0.717) is 51.7 Å². The summed E-state index contributed by atoms with van der Waals surface area (Å²) in [6.45, 7) is 4.85. The van der Waals surface area contributed by atoms with Gasteiger partial charge in [-0.05, 0) is 18.8 Å². The molecular weight excluding hydrogens is 769 g/mol. The van der Waals surface area contributed by atoms with Gasteiger partial charge in [-0.1, -0.05) is 0 Å². The number of hydrogen-bond donors (Lipinski definition) is 0. The Bertz CT molecular complexity index is 1460. The van der Waals surface area contributed by atoms with Crippen LogP contribution in [0.2, 0.25) is 5.02 Å². The average molecular weight is 809 g/mol. The van der Waals surface area contributed by atoms with Crippen LogP contribution in [0.3, 0.4) is 0 Å². The number of morpholine rings is 1. The first kappa shape index (κ1) is 33.2. The van der Waals surface area contributed by atoms with Gasteiger partial charge in [0.2, 0.25) is 11.8 Å². The zero-order chi connectivity index (χ0) is 31.5. The van der Waals surface area contributed by atoms with E-state index >= 15 is 0 Å². The number of benzene rings is 1. The van der Waals surface area contributed by atoms with Crippen molar-refractivity contribution >= 4 is 71.0 Å². The third-order valence-electron chi connectivity index (χ3n) is 10.0. The fourth-order valence-electron chi connectivity index (χ4n) is 7.50. The van der Waals surface area contributed by atoms with Crippen LogP contribution in [0, 0.1) is 15.4 Å². The second-order valence-electron chi connectivity index (χ2n) is 12.7. The summed E-state index contributed by atoms with van der Waals surface area (Å²) in [6, 6.07) is 6.37. The summed E-state index contributed by atoms with van der Waals surface area (Å²) < 4.78 is 7.50. The van der Waals surface area contributed by atoms with Crippen LogP contribution < -0.4 is 0 Å². The Morgan fingerprint density at radius 2 is 1.51 bits per heavy atom. The second-order valence-corrected chi connectivity index (χ2v) is 15.8. The van der Waals surface area contributed by atoms with Crippen molar-refractivity contribution < 1.29 is 19.1 Å². The molecule has 3 fully saturated rings. The van der Waals surface area contributed by atoms with E-state index in [1.807, 2.05) is 17.2 Å². The first-order valence-corrected chi connectivity index (χ1v) is 19.5. The van der Waals surface area contributed by atoms with Crippen molar-refractivity contribution in [2.24, 2.45) is 11.8 Å². The molecule has 1 aliphatic carbocycles. The van der Waals surface area contributed by atoms with Gasteiger partial charge in [0.05, 0.1) is 13.2 Å². The fraction of sp³-hybridized carbons (Fsp3) is 0.576. The monoisotopic (exact) mass is 807 g/mol. The molecule has 1 atom stereocenters. The number of fused-ring (bicyclic) bond motifs is 2. The Kier molecular flexibility index (Phi) is 11.1. The number of rotatable bonds is 6. The summed E-state index contributed by atoms with van der Waals surface area (Å²) in [5, 5.41) is 6.81. The van der Waals surface area contributed by atoms with E-state index in [1.54, 1.807) is 9.80 Å². The Morgan fingerprint density at radius 1 is 0.889 bits per heavy atom. The van der Waals surface area contributed by atoms with Crippen molar-refractivity contribution in [1.82, 2.24) is 19.7 Å². The van der Waals surface area contributed by atoms with Gasteiger partial charge in [0.25, 0.3) is 0 Å². The summed E-state index contributed by atoms with van der Waals surface area (Å²) >= 11 is 9.82. The van der Waals surface area contributed by atoms with Gasteiger partial charge in [0.15, 0.2) is 0 Å². The molecule has 3 saturated heterocycles. The number of likely N-dealkylation sites (tertiary alicyclic amines) is 2. The van der Waals surface area contributed by atoms with Gasteiger partial charge in [-0.3, -0.25) is 9.59 Å². The normalized spacial score (nSPS) is 21.2. The molecule has 4 heterocycles. The number of halogens is 3. The summed E-state index contributed by atoms with van der Waals surface area (Å²) in [5.74, 6) is 0.757. The predicted molar refractivity (Wildman–Crippen MR) is 186 cm³/mol. The number of carbonyl (C=O) groups excluding carboxylic acids is 3. The molecule has 2 aromatic rings. The van der Waals surface area contributed by atoms with Crippen LogP contribution in [0.25, 0.3) is 0 Å². The van der Waals surface area contributed by atoms with Gasteiger partial charge < -0.3 is 14.5 Å². The van der Waals surface area contributed by atoms with Crippen LogP contribution in [0.15, 0.2) is 28.9 Å². The summed E-state index contributed by atoms with van der Waals surface area (Å²) in [6.07, 6.45) is 7.67. The van der Waals surface area contributed by atoms with Crippen LogP contribution in [-0.2, 0) is 32.0 Å². The van der Waals surface area contributed by atoms with Crippen LogP contribution >= 0.6 is 48.0 Å². The Hall–Kier alpha value is -1.70. The maximum atomic E-state index is 13.4. The molecule has 1 aromatic heterocycles. The van der Waals surface area contributed by atoms with Crippen LogP contribution in [0.5, 0.6) is 0 Å². The summed E-state index contributed by atoms with van der Waals surface area (Å²) in [7, 11) is 0. The molecule has 0 N–H and O–H groups in total. The third-order valence-corrected chi connectivity index (χ3v) is 12.2. The van der Waals surface area contributed by atoms with Gasteiger partial charge in [-0.15, -0.1) is 0 Å². The molecule has 1 aromatic carbocycles. The quantitative estimate of drug-likeness (QED) is 0.232. The van der Waals surface area contributed by atoms with Crippen molar-refractivity contribution in [3.63, 3.8) is 0 Å². The van der Waals surface area contributed by atoms with Gasteiger partial charge in [-0.2, -0.15) is 0 Å². The first-order chi connectivity index (χ1) is 21.8. The Labute approximate surface area is 289 Å². The third kappa shape index (κ3) is 7.73. The number of carbonyl (C=O) groups is 3. The molecule has 0 unspecified atom stereocenters. The standard InChI is InChI=1S/C33H39BBrClIN4O4/c34-37-26-17-24-2-1-23-16-25(36)18-27(35)31(23)32(33(24)38-20-26)22-5-9-40(10-6-22)28(42)15-21-3-7-39(8-4-21)29(43)19-30(44)41-11-13-45-14-12-41/h16-18,20-22,32H,1-15,19H2/t32-/m1/s1. The summed E-state index contributed by atoms with van der Waals surface area (Å²) in [4.78, 5) is 49.3. The predicted octanol–water partition coefficient (Wildman–Crippen LogP) is 5.07. The number of ether oxygens (including phenoxy) is 1. The van der Waals surface area contributed by atoms with E-state index in [-0.39, 0.29) is 36.0 Å². The van der Waals surface area contributed by atoms with Gasteiger partial charge in [0.1, 0.15) is 6.42 Å². The molecule has 239 valence electrons. The summed E-state index contributed by atoms with van der Waals surface area (Å²) in [5.41, 5.74) is 5.00. The molecule has 3 aliphatic heterocycles. The number of aryl methyl sites for hydroxylation is 2. The average Bonchev–Trinajstić information content (AvgIpc) is 3.22. The molecule has 0 spiro atoms. The maximum absolute atomic E-state index is 13.4. The molecule has 45 heavy (non-hydrogen) atoms. The SMILES string of the molecule is [B]=Ic1cnc2c(c1)CCc1cc(Cl)cc(Br)c1[C@H]2C1CCN(C(=O)CC2CCN(C(=O)CC(=O)N3CCOCC3)CC2)CC1. The molecule has 0 saturated carbocycles. The molecule has 8 nitrogen and oxygen atoms in total. The minimum absolute atomic E-state index is 0.0802. The molecule has 1 radical (unpaired) electrons. The second kappa shape index (κ2) is 15.0. The van der Waals surface area contributed by atoms with E-state index in [4.69, 9.17) is 26.6 Å². The van der Waals surface area contributed by atoms with Gasteiger partial charge >= 0.3 is 191 Å². The van der Waals surface area contributed by atoms with Crippen LogP contribution in [0.1, 0.15) is 66.8 Å². The van der Waals surface area contributed by atoms with E-state index in [0.717, 1.165) is 70.4 Å². The number of hydrogen-bond acceptors (Lipinski definition) is 5. The topological polar surface area (TPSA) is 83.1 Å². The molecule has 0 bridgehead atoms. The van der Waals surface area contributed by atoms with Gasteiger partial charge in [-0.25, -0.2) is 0 Å². The zero-order valence-electron chi connectivity index (χ0n) is 25.5. The molecule has 12 heteroatoms. The van der Waals surface area contributed by atoms with E-state index in [2.05, 4.69) is 28.1 Å². The van der Waals surface area contributed by atoms with Crippen molar-refractivity contribution in [3.05, 3.63) is 59.8 Å².